The van der Waals surface area contributed by atoms with Gasteiger partial charge in [-0.3, -0.25) is 4.79 Å². The molecule has 8 nitrogen and oxygen atoms in total. The number of aliphatic carboxylic acids is 1. The maximum absolute atomic E-state index is 11.7. The zero-order chi connectivity index (χ0) is 14.8. The first-order valence-corrected chi connectivity index (χ1v) is 7.66. The highest BCUT2D eigenvalue weighted by Gasteiger charge is 2.34. The number of carboxylic acids is 1. The van der Waals surface area contributed by atoms with Crippen molar-refractivity contribution >= 4 is 21.6 Å². The molecule has 2 rings (SSSR count). The van der Waals surface area contributed by atoms with Gasteiger partial charge in [0.25, 0.3) is 0 Å². The highest BCUT2D eigenvalue weighted by molar-refractivity contribution is 7.91. The van der Waals surface area contributed by atoms with Crippen LogP contribution >= 0.6 is 0 Å². The average Bonchev–Trinajstić information content (AvgIpc) is 2.37. The predicted molar refractivity (Wildman–Crippen MR) is 68.8 cm³/mol. The zero-order valence-electron chi connectivity index (χ0n) is 10.4. The third-order valence-electron chi connectivity index (χ3n) is 3.03. The Labute approximate surface area is 115 Å². The lowest BCUT2D eigenvalue weighted by atomic mass is 10.1. The highest BCUT2D eigenvalue weighted by Crippen LogP contribution is 2.23. The summed E-state index contributed by atoms with van der Waals surface area (Å²) in [5, 5.41) is 25.5. The van der Waals surface area contributed by atoms with Crippen LogP contribution in [0.1, 0.15) is 12.0 Å². The second-order valence-corrected chi connectivity index (χ2v) is 6.67. The molecule has 1 unspecified atom stereocenters. The lowest BCUT2D eigenvalue weighted by molar-refractivity contribution is -0.137. The van der Waals surface area contributed by atoms with Gasteiger partial charge >= 0.3 is 5.97 Å². The first-order chi connectivity index (χ1) is 9.43. The van der Waals surface area contributed by atoms with Gasteiger partial charge in [-0.15, -0.1) is 5.10 Å². The fourth-order valence-corrected chi connectivity index (χ4v) is 3.69. The SMILES string of the molecule is N#Cc1ccnnc1N1CCS(=O)(=O)CC1CC(=O)O. The van der Waals surface area contributed by atoms with Crippen LogP contribution in [0.15, 0.2) is 12.3 Å². The van der Waals surface area contributed by atoms with Gasteiger partial charge in [-0.2, -0.15) is 10.4 Å². The molecule has 1 aliphatic rings. The lowest BCUT2D eigenvalue weighted by Gasteiger charge is -2.35. The monoisotopic (exact) mass is 296 g/mol. The van der Waals surface area contributed by atoms with Crippen molar-refractivity contribution in [2.75, 3.05) is 23.0 Å². The van der Waals surface area contributed by atoms with Crippen LogP contribution in [0, 0.1) is 11.3 Å². The quantitative estimate of drug-likeness (QED) is 0.786. The number of carboxylic acid groups (broad SMARTS) is 1. The maximum atomic E-state index is 11.7. The molecule has 0 spiro atoms. The van der Waals surface area contributed by atoms with Gasteiger partial charge < -0.3 is 10.0 Å². The van der Waals surface area contributed by atoms with Crippen LogP contribution in [0.4, 0.5) is 5.82 Å². The zero-order valence-corrected chi connectivity index (χ0v) is 11.2. The van der Waals surface area contributed by atoms with Gasteiger partial charge in [0.15, 0.2) is 15.7 Å². The van der Waals surface area contributed by atoms with Gasteiger partial charge in [0.2, 0.25) is 0 Å². The third-order valence-corrected chi connectivity index (χ3v) is 4.73. The van der Waals surface area contributed by atoms with E-state index in [1.54, 1.807) is 4.90 Å². The summed E-state index contributed by atoms with van der Waals surface area (Å²) in [7, 11) is -3.27. The van der Waals surface area contributed by atoms with E-state index in [0.717, 1.165) is 0 Å². The van der Waals surface area contributed by atoms with Crippen LogP contribution in [0.5, 0.6) is 0 Å². The Kier molecular flexibility index (Phi) is 3.85. The number of sulfone groups is 1. The van der Waals surface area contributed by atoms with Crippen molar-refractivity contribution in [3.05, 3.63) is 17.8 Å². The molecule has 1 atom stereocenters. The second kappa shape index (κ2) is 5.42. The molecule has 0 aliphatic carbocycles. The molecule has 1 N–H and O–H groups in total. The molecule has 1 aromatic heterocycles. The van der Waals surface area contributed by atoms with Crippen molar-refractivity contribution in [1.29, 1.82) is 5.26 Å². The lowest BCUT2D eigenvalue weighted by Crippen LogP contribution is -2.50. The number of rotatable bonds is 3. The van der Waals surface area contributed by atoms with Crippen LogP contribution in [-0.4, -0.2) is 53.8 Å². The smallest absolute Gasteiger partial charge is 0.305 e. The van der Waals surface area contributed by atoms with Crippen LogP contribution in [0.25, 0.3) is 0 Å². The average molecular weight is 296 g/mol. The largest absolute Gasteiger partial charge is 0.481 e. The standard InChI is InChI=1S/C11H12N4O4S/c12-6-8-1-2-13-14-11(8)15-3-4-20(18,19)7-9(15)5-10(16)17/h1-2,9H,3-5,7H2,(H,16,17). The van der Waals surface area contributed by atoms with Crippen molar-refractivity contribution in [3.63, 3.8) is 0 Å². The minimum atomic E-state index is -3.27. The van der Waals surface area contributed by atoms with Gasteiger partial charge in [0, 0.05) is 6.54 Å². The van der Waals surface area contributed by atoms with Crippen LogP contribution in [-0.2, 0) is 14.6 Å². The Morgan fingerprint density at radius 3 is 3.00 bits per heavy atom. The number of carbonyl (C=O) groups is 1. The second-order valence-electron chi connectivity index (χ2n) is 4.44. The summed E-state index contributed by atoms with van der Waals surface area (Å²) in [6.45, 7) is 0.105. The maximum Gasteiger partial charge on any atom is 0.305 e. The van der Waals surface area contributed by atoms with Crippen molar-refractivity contribution < 1.29 is 18.3 Å². The number of hydrogen-bond acceptors (Lipinski definition) is 7. The Balaban J connectivity index is 2.38. The summed E-state index contributed by atoms with van der Waals surface area (Å²) in [5.41, 5.74) is 0.245. The minimum Gasteiger partial charge on any atom is -0.481 e. The third kappa shape index (κ3) is 3.03. The fourth-order valence-electron chi connectivity index (χ4n) is 2.16. The summed E-state index contributed by atoms with van der Waals surface area (Å²) >= 11 is 0. The van der Waals surface area contributed by atoms with E-state index in [0.29, 0.717) is 0 Å². The van der Waals surface area contributed by atoms with E-state index in [-0.39, 0.29) is 35.9 Å². The minimum absolute atomic E-state index is 0.0927. The summed E-state index contributed by atoms with van der Waals surface area (Å²) in [6, 6.07) is 2.67. The molecule has 0 bridgehead atoms. The highest BCUT2D eigenvalue weighted by atomic mass is 32.2. The van der Waals surface area contributed by atoms with Crippen molar-refractivity contribution in [3.8, 4) is 6.07 Å². The Morgan fingerprint density at radius 2 is 2.35 bits per heavy atom. The van der Waals surface area contributed by atoms with Crippen molar-refractivity contribution in [2.24, 2.45) is 0 Å². The molecule has 20 heavy (non-hydrogen) atoms. The van der Waals surface area contributed by atoms with Gasteiger partial charge in [0.1, 0.15) is 6.07 Å². The molecule has 106 valence electrons. The van der Waals surface area contributed by atoms with Gasteiger partial charge in [-0.25, -0.2) is 8.42 Å². The predicted octanol–water partition coefficient (Wildman–Crippen LogP) is -0.574. The normalized spacial score (nSPS) is 21.1. The number of anilines is 1. The number of aromatic nitrogens is 2. The molecule has 0 radical (unpaired) electrons. The van der Waals surface area contributed by atoms with E-state index >= 15 is 0 Å². The molecular formula is C11H12N4O4S. The first-order valence-electron chi connectivity index (χ1n) is 5.83. The van der Waals surface area contributed by atoms with E-state index in [4.69, 9.17) is 10.4 Å². The summed E-state index contributed by atoms with van der Waals surface area (Å²) in [6.07, 6.45) is 1.02. The molecule has 9 heteroatoms. The van der Waals surface area contributed by atoms with E-state index in [2.05, 4.69) is 10.2 Å². The fraction of sp³-hybridized carbons (Fsp3) is 0.455. The molecular weight excluding hydrogens is 284 g/mol. The molecule has 2 heterocycles. The number of nitriles is 1. The Morgan fingerprint density at radius 1 is 1.60 bits per heavy atom. The summed E-state index contributed by atoms with van der Waals surface area (Å²) in [5.74, 6) is -1.22. The molecule has 1 aromatic rings. The van der Waals surface area contributed by atoms with Gasteiger partial charge in [-0.05, 0) is 6.07 Å². The van der Waals surface area contributed by atoms with Crippen LogP contribution in [0.2, 0.25) is 0 Å². The van der Waals surface area contributed by atoms with Crippen molar-refractivity contribution in [2.45, 2.75) is 12.5 Å². The topological polar surface area (TPSA) is 124 Å². The summed E-state index contributed by atoms with van der Waals surface area (Å²) in [4.78, 5) is 12.4. The molecule has 0 saturated carbocycles. The van der Waals surface area contributed by atoms with Crippen LogP contribution in [0.3, 0.4) is 0 Å². The molecule has 0 amide bonds. The van der Waals surface area contributed by atoms with E-state index in [9.17, 15) is 13.2 Å². The molecule has 1 saturated heterocycles. The molecule has 1 aliphatic heterocycles. The number of nitrogens with zero attached hydrogens (tertiary/aromatic N) is 4. The van der Waals surface area contributed by atoms with Gasteiger partial charge in [-0.1, -0.05) is 0 Å². The van der Waals surface area contributed by atoms with Gasteiger partial charge in [0.05, 0.1) is 35.7 Å². The van der Waals surface area contributed by atoms with E-state index < -0.39 is 21.8 Å². The van der Waals surface area contributed by atoms with Crippen LogP contribution < -0.4 is 4.90 Å². The van der Waals surface area contributed by atoms with Crippen molar-refractivity contribution in [1.82, 2.24) is 10.2 Å². The first kappa shape index (κ1) is 14.2. The number of hydrogen-bond donors (Lipinski definition) is 1. The Hall–Kier alpha value is -2.21. The Bertz CT molecular complexity index is 667. The van der Waals surface area contributed by atoms with E-state index in [1.807, 2.05) is 6.07 Å². The molecule has 0 aromatic carbocycles. The summed E-state index contributed by atoms with van der Waals surface area (Å²) < 4.78 is 23.3. The molecule has 1 fully saturated rings. The van der Waals surface area contributed by atoms with E-state index in [1.165, 1.54) is 12.3 Å².